The van der Waals surface area contributed by atoms with E-state index < -0.39 is 11.7 Å². The molecule has 0 bridgehead atoms. The van der Waals surface area contributed by atoms with E-state index >= 15 is 0 Å². The molecule has 3 rings (SSSR count). The van der Waals surface area contributed by atoms with E-state index in [2.05, 4.69) is 15.3 Å². The second-order valence-electron chi connectivity index (χ2n) is 5.52. The number of alkyl halides is 3. The topological polar surface area (TPSA) is 37.8 Å². The number of nitrogens with one attached hydrogen (secondary N) is 1. The third kappa shape index (κ3) is 3.18. The summed E-state index contributed by atoms with van der Waals surface area (Å²) in [4.78, 5) is 8.99. The van der Waals surface area contributed by atoms with Crippen molar-refractivity contribution in [1.82, 2.24) is 9.97 Å². The normalized spacial score (nSPS) is 11.7. The van der Waals surface area contributed by atoms with E-state index in [9.17, 15) is 13.2 Å². The second kappa shape index (κ2) is 6.11. The first-order chi connectivity index (χ1) is 11.4. The van der Waals surface area contributed by atoms with Crippen molar-refractivity contribution in [3.63, 3.8) is 0 Å². The van der Waals surface area contributed by atoms with E-state index in [1.54, 1.807) is 0 Å². The number of fused-ring (bicyclic) bond motifs is 1. The van der Waals surface area contributed by atoms with E-state index in [-0.39, 0.29) is 0 Å². The van der Waals surface area contributed by atoms with Crippen LogP contribution in [0.4, 0.5) is 19.0 Å². The van der Waals surface area contributed by atoms with E-state index in [4.69, 9.17) is 0 Å². The van der Waals surface area contributed by atoms with Gasteiger partial charge in [-0.1, -0.05) is 18.2 Å². The molecule has 0 saturated carbocycles. The molecular formula is C18H16F3N3. The van der Waals surface area contributed by atoms with Crippen molar-refractivity contribution in [2.24, 2.45) is 0 Å². The number of benzene rings is 2. The van der Waals surface area contributed by atoms with Gasteiger partial charge in [-0.2, -0.15) is 13.2 Å². The Hall–Kier alpha value is -2.63. The van der Waals surface area contributed by atoms with Gasteiger partial charge in [0.25, 0.3) is 0 Å². The smallest absolute Gasteiger partial charge is 0.370 e. The highest BCUT2D eigenvalue weighted by Crippen LogP contribution is 2.31. The van der Waals surface area contributed by atoms with Crippen LogP contribution in [0.25, 0.3) is 22.3 Å². The highest BCUT2D eigenvalue weighted by Gasteiger charge is 2.30. The number of halogens is 3. The van der Waals surface area contributed by atoms with Crippen molar-refractivity contribution in [2.45, 2.75) is 20.0 Å². The predicted octanol–water partition coefficient (Wildman–Crippen LogP) is 5.06. The Labute approximate surface area is 137 Å². The van der Waals surface area contributed by atoms with Crippen LogP contribution in [0, 0.1) is 6.92 Å². The van der Waals surface area contributed by atoms with Crippen LogP contribution in [0.5, 0.6) is 0 Å². The number of hydrogen-bond acceptors (Lipinski definition) is 3. The second-order valence-corrected chi connectivity index (χ2v) is 5.52. The summed E-state index contributed by atoms with van der Waals surface area (Å²) in [5.74, 6) is 1.08. The first-order valence-electron chi connectivity index (χ1n) is 7.58. The zero-order valence-corrected chi connectivity index (χ0v) is 13.3. The molecule has 1 N–H and O–H groups in total. The standard InChI is InChI=1S/C18H16F3N3/c1-3-22-17-14-9-4-11(2)10-15(14)23-16(24-17)12-5-7-13(8-6-12)18(19,20)21/h4-10H,3H2,1-2H3,(H,22,23,24). The van der Waals surface area contributed by atoms with Gasteiger partial charge >= 0.3 is 6.18 Å². The molecule has 6 heteroatoms. The lowest BCUT2D eigenvalue weighted by Crippen LogP contribution is -2.05. The molecule has 0 aliphatic rings. The quantitative estimate of drug-likeness (QED) is 0.729. The van der Waals surface area contributed by atoms with Crippen LogP contribution >= 0.6 is 0 Å². The molecule has 124 valence electrons. The fourth-order valence-electron chi connectivity index (χ4n) is 2.48. The molecule has 0 atom stereocenters. The number of aryl methyl sites for hydroxylation is 1. The average Bonchev–Trinajstić information content (AvgIpc) is 2.54. The Balaban J connectivity index is 2.12. The minimum absolute atomic E-state index is 0.401. The number of rotatable bonds is 3. The fourth-order valence-corrected chi connectivity index (χ4v) is 2.48. The number of hydrogen-bond donors (Lipinski definition) is 1. The van der Waals surface area contributed by atoms with Gasteiger partial charge in [-0.25, -0.2) is 9.97 Å². The van der Waals surface area contributed by atoms with Gasteiger partial charge in [0.1, 0.15) is 5.82 Å². The van der Waals surface area contributed by atoms with Crippen molar-refractivity contribution in [3.05, 3.63) is 53.6 Å². The number of nitrogens with zero attached hydrogens (tertiary/aromatic N) is 2. The van der Waals surface area contributed by atoms with Gasteiger partial charge in [0, 0.05) is 17.5 Å². The van der Waals surface area contributed by atoms with Crippen LogP contribution in [0.3, 0.4) is 0 Å². The van der Waals surface area contributed by atoms with E-state index in [1.165, 1.54) is 12.1 Å². The minimum atomic E-state index is -4.35. The van der Waals surface area contributed by atoms with Crippen molar-refractivity contribution < 1.29 is 13.2 Å². The summed E-state index contributed by atoms with van der Waals surface area (Å²) in [5.41, 5.74) is 1.68. The minimum Gasteiger partial charge on any atom is -0.370 e. The molecule has 0 aliphatic heterocycles. The molecule has 3 aromatic rings. The molecule has 24 heavy (non-hydrogen) atoms. The SMILES string of the molecule is CCNc1nc(-c2ccc(C(F)(F)F)cc2)nc2cc(C)ccc12. The Morgan fingerprint density at radius 3 is 2.33 bits per heavy atom. The molecule has 1 heterocycles. The van der Waals surface area contributed by atoms with Gasteiger partial charge in [0.2, 0.25) is 0 Å². The van der Waals surface area contributed by atoms with Crippen molar-refractivity contribution >= 4 is 16.7 Å². The van der Waals surface area contributed by atoms with Gasteiger partial charge in [-0.3, -0.25) is 0 Å². The molecule has 0 spiro atoms. The van der Waals surface area contributed by atoms with Crippen LogP contribution in [0.2, 0.25) is 0 Å². The van der Waals surface area contributed by atoms with Crippen molar-refractivity contribution in [3.8, 4) is 11.4 Å². The molecule has 2 aromatic carbocycles. The molecule has 0 radical (unpaired) electrons. The van der Waals surface area contributed by atoms with Crippen LogP contribution < -0.4 is 5.32 Å². The monoisotopic (exact) mass is 331 g/mol. The highest BCUT2D eigenvalue weighted by atomic mass is 19.4. The summed E-state index contributed by atoms with van der Waals surface area (Å²) in [6.45, 7) is 4.61. The molecule has 0 unspecified atom stereocenters. The van der Waals surface area contributed by atoms with Crippen LogP contribution in [0.1, 0.15) is 18.1 Å². The van der Waals surface area contributed by atoms with Crippen molar-refractivity contribution in [1.29, 1.82) is 0 Å². The Bertz CT molecular complexity index is 871. The number of anilines is 1. The summed E-state index contributed by atoms with van der Waals surface area (Å²) in [6.07, 6.45) is -4.35. The average molecular weight is 331 g/mol. The molecule has 0 saturated heterocycles. The highest BCUT2D eigenvalue weighted by molar-refractivity contribution is 5.91. The van der Waals surface area contributed by atoms with Gasteiger partial charge < -0.3 is 5.32 Å². The fraction of sp³-hybridized carbons (Fsp3) is 0.222. The van der Waals surface area contributed by atoms with Gasteiger partial charge in [-0.15, -0.1) is 0 Å². The zero-order valence-electron chi connectivity index (χ0n) is 13.3. The molecular weight excluding hydrogens is 315 g/mol. The van der Waals surface area contributed by atoms with Gasteiger partial charge in [0.05, 0.1) is 11.1 Å². The van der Waals surface area contributed by atoms with Crippen LogP contribution in [-0.2, 0) is 6.18 Å². The van der Waals surface area contributed by atoms with Crippen LogP contribution in [0.15, 0.2) is 42.5 Å². The largest absolute Gasteiger partial charge is 0.416 e. The molecule has 3 nitrogen and oxygen atoms in total. The first kappa shape index (κ1) is 16.2. The molecule has 0 amide bonds. The summed E-state index contributed by atoms with van der Waals surface area (Å²) in [5, 5.41) is 4.07. The van der Waals surface area contributed by atoms with E-state index in [0.29, 0.717) is 23.8 Å². The molecule has 0 fully saturated rings. The maximum atomic E-state index is 12.7. The third-order valence-electron chi connectivity index (χ3n) is 3.67. The number of aromatic nitrogens is 2. The lowest BCUT2D eigenvalue weighted by molar-refractivity contribution is -0.137. The Kier molecular flexibility index (Phi) is 4.13. The third-order valence-corrected chi connectivity index (χ3v) is 3.67. The molecule has 1 aromatic heterocycles. The summed E-state index contributed by atoms with van der Waals surface area (Å²) < 4.78 is 38.1. The Morgan fingerprint density at radius 1 is 1.00 bits per heavy atom. The lowest BCUT2D eigenvalue weighted by atomic mass is 10.1. The summed E-state index contributed by atoms with van der Waals surface area (Å²) in [6, 6.07) is 10.7. The van der Waals surface area contributed by atoms with Crippen LogP contribution in [-0.4, -0.2) is 16.5 Å². The van der Waals surface area contributed by atoms with Gasteiger partial charge in [-0.05, 0) is 43.7 Å². The Morgan fingerprint density at radius 2 is 1.71 bits per heavy atom. The van der Waals surface area contributed by atoms with E-state index in [0.717, 1.165) is 28.6 Å². The van der Waals surface area contributed by atoms with E-state index in [1.807, 2.05) is 32.0 Å². The maximum absolute atomic E-state index is 12.7. The van der Waals surface area contributed by atoms with Gasteiger partial charge in [0.15, 0.2) is 5.82 Å². The summed E-state index contributed by atoms with van der Waals surface area (Å²) >= 11 is 0. The predicted molar refractivity (Wildman–Crippen MR) is 88.9 cm³/mol. The first-order valence-corrected chi connectivity index (χ1v) is 7.58. The zero-order chi connectivity index (χ0) is 17.3. The lowest BCUT2D eigenvalue weighted by Gasteiger charge is -2.11. The van der Waals surface area contributed by atoms with Crippen molar-refractivity contribution in [2.75, 3.05) is 11.9 Å². The maximum Gasteiger partial charge on any atom is 0.416 e. The summed E-state index contributed by atoms with van der Waals surface area (Å²) in [7, 11) is 0. The molecule has 0 aliphatic carbocycles.